The zero-order chi connectivity index (χ0) is 19.9. The molecule has 1 aliphatic rings. The molecule has 7 nitrogen and oxygen atoms in total. The summed E-state index contributed by atoms with van der Waals surface area (Å²) in [5.74, 6) is -1.31. The van der Waals surface area contributed by atoms with Gasteiger partial charge in [-0.25, -0.2) is 17.1 Å². The van der Waals surface area contributed by atoms with Gasteiger partial charge in [-0.05, 0) is 37.0 Å². The second-order valence-corrected chi connectivity index (χ2v) is 8.77. The van der Waals surface area contributed by atoms with Crippen molar-refractivity contribution < 1.29 is 22.4 Å². The molecule has 0 saturated carbocycles. The Morgan fingerprint density at radius 1 is 1.15 bits per heavy atom. The van der Waals surface area contributed by atoms with Crippen LogP contribution in [0.1, 0.15) is 38.2 Å². The van der Waals surface area contributed by atoms with Crippen molar-refractivity contribution in [2.45, 2.75) is 39.0 Å². The summed E-state index contributed by atoms with van der Waals surface area (Å²) in [5, 5.41) is 0. The summed E-state index contributed by atoms with van der Waals surface area (Å²) in [7, 11) is -3.25. The summed E-state index contributed by atoms with van der Waals surface area (Å²) in [6.45, 7) is 2.57. The van der Waals surface area contributed by atoms with Crippen molar-refractivity contribution in [2.75, 3.05) is 18.8 Å². The van der Waals surface area contributed by atoms with Crippen LogP contribution in [0.15, 0.2) is 24.3 Å². The maximum atomic E-state index is 12.8. The first-order valence-electron chi connectivity index (χ1n) is 9.13. The number of carbonyl (C=O) groups is 2. The van der Waals surface area contributed by atoms with Crippen LogP contribution in [-0.2, 0) is 26.0 Å². The number of piperidine rings is 1. The number of hydrogen-bond donors (Lipinski definition) is 2. The lowest BCUT2D eigenvalue weighted by Gasteiger charge is -2.30. The molecule has 1 heterocycles. The summed E-state index contributed by atoms with van der Waals surface area (Å²) < 4.78 is 38.6. The van der Waals surface area contributed by atoms with Crippen molar-refractivity contribution >= 4 is 21.8 Å². The van der Waals surface area contributed by atoms with Gasteiger partial charge in [0.2, 0.25) is 21.8 Å². The smallest absolute Gasteiger partial charge is 0.242 e. The highest BCUT2D eigenvalue weighted by molar-refractivity contribution is 7.89. The number of hydrogen-bond acceptors (Lipinski definition) is 4. The van der Waals surface area contributed by atoms with Crippen LogP contribution in [0, 0.1) is 11.7 Å². The monoisotopic (exact) mass is 399 g/mol. The molecule has 0 aliphatic carbocycles. The summed E-state index contributed by atoms with van der Waals surface area (Å²) in [6, 6.07) is 5.55. The Kier molecular flexibility index (Phi) is 7.73. The first kappa shape index (κ1) is 21.3. The van der Waals surface area contributed by atoms with Crippen molar-refractivity contribution in [1.29, 1.82) is 0 Å². The van der Waals surface area contributed by atoms with Gasteiger partial charge in [0.25, 0.3) is 0 Å². The molecule has 0 bridgehead atoms. The molecule has 0 atom stereocenters. The van der Waals surface area contributed by atoms with E-state index < -0.39 is 15.9 Å². The number of benzene rings is 1. The predicted octanol–water partition coefficient (Wildman–Crippen LogP) is 1.36. The topological polar surface area (TPSA) is 95.6 Å². The number of halogens is 1. The standard InChI is InChI=1S/C18H26FN3O4S/c1-2-3-12-27(25,26)22-10-8-15(9-11-22)18(24)21-20-17(23)13-14-4-6-16(19)7-5-14/h4-7,15H,2-3,8-13H2,1H3,(H,20,23)(H,21,24). The number of nitrogens with one attached hydrogen (secondary N) is 2. The maximum Gasteiger partial charge on any atom is 0.242 e. The molecule has 9 heteroatoms. The fraction of sp³-hybridized carbons (Fsp3) is 0.556. The average Bonchev–Trinajstić information content (AvgIpc) is 2.66. The molecular weight excluding hydrogens is 373 g/mol. The molecule has 1 aromatic carbocycles. The Morgan fingerprint density at radius 3 is 2.37 bits per heavy atom. The van der Waals surface area contributed by atoms with Crippen molar-refractivity contribution in [3.8, 4) is 0 Å². The molecule has 2 N–H and O–H groups in total. The minimum absolute atomic E-state index is 0.0225. The van der Waals surface area contributed by atoms with E-state index in [0.717, 1.165) is 6.42 Å². The number of carbonyl (C=O) groups excluding carboxylic acids is 2. The van der Waals surface area contributed by atoms with Crippen LogP contribution in [0.3, 0.4) is 0 Å². The lowest BCUT2D eigenvalue weighted by atomic mass is 9.98. The zero-order valence-corrected chi connectivity index (χ0v) is 16.2. The van der Waals surface area contributed by atoms with Gasteiger partial charge in [0.15, 0.2) is 0 Å². The van der Waals surface area contributed by atoms with Gasteiger partial charge in [-0.3, -0.25) is 20.4 Å². The maximum absolute atomic E-state index is 12.8. The first-order chi connectivity index (χ1) is 12.8. The third kappa shape index (κ3) is 6.59. The highest BCUT2D eigenvalue weighted by Crippen LogP contribution is 2.20. The third-order valence-corrected chi connectivity index (χ3v) is 6.53. The normalized spacial score (nSPS) is 16.1. The summed E-state index contributed by atoms with van der Waals surface area (Å²) in [5.41, 5.74) is 5.37. The van der Waals surface area contributed by atoms with Crippen LogP contribution in [-0.4, -0.2) is 43.4 Å². The summed E-state index contributed by atoms with van der Waals surface area (Å²) in [4.78, 5) is 24.0. The SMILES string of the molecule is CCCCS(=O)(=O)N1CCC(C(=O)NNC(=O)Cc2ccc(F)cc2)CC1. The quantitative estimate of drug-likeness (QED) is 0.677. The molecule has 2 rings (SSSR count). The number of rotatable bonds is 7. The van der Waals surface area contributed by atoms with Crippen LogP contribution in [0.5, 0.6) is 0 Å². The minimum atomic E-state index is -3.25. The van der Waals surface area contributed by atoms with Gasteiger partial charge in [-0.2, -0.15) is 0 Å². The van der Waals surface area contributed by atoms with E-state index in [2.05, 4.69) is 10.9 Å². The van der Waals surface area contributed by atoms with Gasteiger partial charge in [0, 0.05) is 19.0 Å². The van der Waals surface area contributed by atoms with E-state index in [-0.39, 0.29) is 29.8 Å². The van der Waals surface area contributed by atoms with E-state index in [4.69, 9.17) is 0 Å². The van der Waals surface area contributed by atoms with Crippen LogP contribution in [0.4, 0.5) is 4.39 Å². The average molecular weight is 399 g/mol. The third-order valence-electron chi connectivity index (χ3n) is 4.58. The molecule has 0 radical (unpaired) electrons. The van der Waals surface area contributed by atoms with Crippen molar-refractivity contribution in [2.24, 2.45) is 5.92 Å². The van der Waals surface area contributed by atoms with Crippen LogP contribution in [0.25, 0.3) is 0 Å². The number of sulfonamides is 1. The fourth-order valence-electron chi connectivity index (χ4n) is 2.92. The van der Waals surface area contributed by atoms with Gasteiger partial charge >= 0.3 is 0 Å². The van der Waals surface area contributed by atoms with Crippen LogP contribution in [0.2, 0.25) is 0 Å². The van der Waals surface area contributed by atoms with E-state index in [9.17, 15) is 22.4 Å². The summed E-state index contributed by atoms with van der Waals surface area (Å²) in [6.07, 6.45) is 2.31. The predicted molar refractivity (Wildman–Crippen MR) is 99.4 cm³/mol. The van der Waals surface area contributed by atoms with Gasteiger partial charge in [-0.1, -0.05) is 25.5 Å². The lowest BCUT2D eigenvalue weighted by Crippen LogP contribution is -2.48. The van der Waals surface area contributed by atoms with Gasteiger partial charge in [-0.15, -0.1) is 0 Å². The van der Waals surface area contributed by atoms with E-state index in [1.54, 1.807) is 0 Å². The molecule has 0 unspecified atom stereocenters. The Hall–Kier alpha value is -2.00. The molecular formula is C18H26FN3O4S. The Balaban J connectivity index is 1.74. The molecule has 1 saturated heterocycles. The summed E-state index contributed by atoms with van der Waals surface area (Å²) >= 11 is 0. The molecule has 0 aromatic heterocycles. The van der Waals surface area contributed by atoms with E-state index in [1.165, 1.54) is 28.6 Å². The van der Waals surface area contributed by atoms with Crippen LogP contribution >= 0.6 is 0 Å². The number of hydrazine groups is 1. The zero-order valence-electron chi connectivity index (χ0n) is 15.4. The molecule has 0 spiro atoms. The highest BCUT2D eigenvalue weighted by atomic mass is 32.2. The van der Waals surface area contributed by atoms with E-state index in [1.807, 2.05) is 6.92 Å². The van der Waals surface area contributed by atoms with E-state index in [0.29, 0.717) is 37.9 Å². The molecule has 1 fully saturated rings. The Bertz CT molecular complexity index is 744. The molecule has 27 heavy (non-hydrogen) atoms. The van der Waals surface area contributed by atoms with Gasteiger partial charge in [0.1, 0.15) is 5.82 Å². The highest BCUT2D eigenvalue weighted by Gasteiger charge is 2.30. The fourth-order valence-corrected chi connectivity index (χ4v) is 4.60. The Morgan fingerprint density at radius 2 is 1.78 bits per heavy atom. The number of unbranched alkanes of at least 4 members (excludes halogenated alkanes) is 1. The largest absolute Gasteiger partial charge is 0.273 e. The van der Waals surface area contributed by atoms with Crippen molar-refractivity contribution in [1.82, 2.24) is 15.2 Å². The first-order valence-corrected chi connectivity index (χ1v) is 10.7. The Labute approximate surface area is 159 Å². The lowest BCUT2D eigenvalue weighted by molar-refractivity contribution is -0.131. The van der Waals surface area contributed by atoms with Crippen molar-refractivity contribution in [3.63, 3.8) is 0 Å². The molecule has 2 amide bonds. The van der Waals surface area contributed by atoms with Crippen molar-refractivity contribution in [3.05, 3.63) is 35.6 Å². The van der Waals surface area contributed by atoms with Gasteiger partial charge < -0.3 is 0 Å². The van der Waals surface area contributed by atoms with Gasteiger partial charge in [0.05, 0.1) is 12.2 Å². The second-order valence-electron chi connectivity index (χ2n) is 6.68. The number of nitrogens with zero attached hydrogens (tertiary/aromatic N) is 1. The van der Waals surface area contributed by atoms with E-state index >= 15 is 0 Å². The number of amides is 2. The minimum Gasteiger partial charge on any atom is -0.273 e. The molecule has 1 aromatic rings. The molecule has 1 aliphatic heterocycles. The molecule has 150 valence electrons. The second kappa shape index (κ2) is 9.80. The van der Waals surface area contributed by atoms with Crippen LogP contribution < -0.4 is 10.9 Å².